The van der Waals surface area contributed by atoms with Crippen molar-refractivity contribution in [1.29, 1.82) is 0 Å². The summed E-state index contributed by atoms with van der Waals surface area (Å²) in [5.74, 6) is 2.05. The van der Waals surface area contributed by atoms with E-state index in [-0.39, 0.29) is 18.9 Å². The van der Waals surface area contributed by atoms with Gasteiger partial charge in [-0.25, -0.2) is 0 Å². The summed E-state index contributed by atoms with van der Waals surface area (Å²) in [6.07, 6.45) is 0.928. The summed E-state index contributed by atoms with van der Waals surface area (Å²) in [5.41, 5.74) is 4.18. The molecular formula is C26H39NO6. The van der Waals surface area contributed by atoms with Gasteiger partial charge in [-0.3, -0.25) is 0 Å². The van der Waals surface area contributed by atoms with E-state index in [0.717, 1.165) is 35.2 Å². The van der Waals surface area contributed by atoms with Gasteiger partial charge in [-0.15, -0.1) is 0 Å². The Morgan fingerprint density at radius 2 is 1.45 bits per heavy atom. The van der Waals surface area contributed by atoms with E-state index in [4.69, 9.17) is 18.9 Å². The van der Waals surface area contributed by atoms with E-state index >= 15 is 0 Å². The second-order valence-electron chi connectivity index (χ2n) is 6.91. The van der Waals surface area contributed by atoms with Gasteiger partial charge >= 0.3 is 0 Å². The van der Waals surface area contributed by atoms with Crippen LogP contribution in [0, 0.1) is 0 Å². The molecule has 0 unspecified atom stereocenters. The highest BCUT2D eigenvalue weighted by atomic mass is 16.7. The molecule has 2 aromatic rings. The Hall–Kier alpha value is -3.32. The average Bonchev–Trinajstić information content (AvgIpc) is 3.12. The van der Waals surface area contributed by atoms with Crippen molar-refractivity contribution in [2.45, 2.75) is 34.2 Å². The normalized spacial score (nSPS) is 11.8. The third-order valence-corrected chi connectivity index (χ3v) is 4.68. The Balaban J connectivity index is 0.000000463. The van der Waals surface area contributed by atoms with Crippen molar-refractivity contribution in [2.75, 3.05) is 35.0 Å². The summed E-state index contributed by atoms with van der Waals surface area (Å²) in [4.78, 5) is 0. The number of ether oxygens (including phenoxy) is 4. The van der Waals surface area contributed by atoms with Crippen LogP contribution >= 0.6 is 0 Å². The summed E-state index contributed by atoms with van der Waals surface area (Å²) in [5, 5.41) is 21.7. The fraction of sp³-hybridized carbons (Fsp3) is 0.385. The second kappa shape index (κ2) is 15.5. The smallest absolute Gasteiger partial charge is 0.282 e. The molecule has 1 heterocycles. The van der Waals surface area contributed by atoms with Crippen molar-refractivity contribution >= 4 is 0 Å². The molecule has 3 N–H and O–H groups in total. The van der Waals surface area contributed by atoms with Gasteiger partial charge in [0.1, 0.15) is 6.61 Å². The summed E-state index contributed by atoms with van der Waals surface area (Å²) < 4.78 is 19.8. The largest absolute Gasteiger partial charge is 0.504 e. The van der Waals surface area contributed by atoms with E-state index in [1.165, 1.54) is 7.11 Å². The number of phenolic OH excluding ortho intramolecular Hbond substituents is 2. The molecule has 3 rings (SSSR count). The maximum absolute atomic E-state index is 9.37. The van der Waals surface area contributed by atoms with Gasteiger partial charge in [0, 0.05) is 12.1 Å². The summed E-state index contributed by atoms with van der Waals surface area (Å²) in [6, 6.07) is 10.8. The molecule has 0 aromatic heterocycles. The maximum Gasteiger partial charge on any atom is 0.282 e. The predicted octanol–water partition coefficient (Wildman–Crippen LogP) is 5.17. The first kappa shape index (κ1) is 29.7. The van der Waals surface area contributed by atoms with Gasteiger partial charge in [0.05, 0.1) is 21.3 Å². The minimum atomic E-state index is 0. The molecule has 0 saturated heterocycles. The molecule has 2 aromatic carbocycles. The van der Waals surface area contributed by atoms with Crippen LogP contribution in [0.4, 0.5) is 0 Å². The standard InChI is InChI=1S/C9H13NO2.C9H12O2.C7H10O2.CH4/c1-10-6-7-3-4-9(12-2)8(11)5-7;1-3-7-4-5-9(11-2)8(10)6-7;1-5-4-9-7(8-3)6(5)2;/h3-5,10-11H,6H2,1-2H3;4-6,10H,3H2,1-2H3;1,4H2,2-3H3;1H4. The summed E-state index contributed by atoms with van der Waals surface area (Å²) in [6.45, 7) is 9.08. The van der Waals surface area contributed by atoms with Crippen LogP contribution in [0.3, 0.4) is 0 Å². The molecule has 1 aliphatic rings. The lowest BCUT2D eigenvalue weighted by atomic mass is 10.1. The zero-order valence-electron chi connectivity index (χ0n) is 19.8. The number of rotatable bonds is 6. The highest BCUT2D eigenvalue weighted by Crippen LogP contribution is 2.27. The van der Waals surface area contributed by atoms with Gasteiger partial charge in [-0.2, -0.15) is 0 Å². The van der Waals surface area contributed by atoms with Gasteiger partial charge in [-0.1, -0.05) is 33.1 Å². The number of benzene rings is 2. The first-order chi connectivity index (χ1) is 15.3. The van der Waals surface area contributed by atoms with E-state index in [1.807, 2.05) is 33.0 Å². The lowest BCUT2D eigenvalue weighted by molar-refractivity contribution is 0.0866. The molecule has 7 nitrogen and oxygen atoms in total. The zero-order valence-corrected chi connectivity index (χ0v) is 19.8. The molecule has 0 radical (unpaired) electrons. The van der Waals surface area contributed by atoms with Crippen molar-refractivity contribution in [3.63, 3.8) is 0 Å². The van der Waals surface area contributed by atoms with E-state index < -0.39 is 0 Å². The van der Waals surface area contributed by atoms with Crippen molar-refractivity contribution in [3.8, 4) is 23.0 Å². The maximum atomic E-state index is 9.37. The topological polar surface area (TPSA) is 89.4 Å². The molecule has 1 aliphatic heterocycles. The number of hydrogen-bond donors (Lipinski definition) is 3. The second-order valence-corrected chi connectivity index (χ2v) is 6.91. The quantitative estimate of drug-likeness (QED) is 0.547. The van der Waals surface area contributed by atoms with Crippen LogP contribution in [0.5, 0.6) is 23.0 Å². The molecule has 0 bridgehead atoms. The van der Waals surface area contributed by atoms with Crippen LogP contribution in [-0.2, 0) is 22.4 Å². The lowest BCUT2D eigenvalue weighted by Crippen LogP contribution is -2.04. The van der Waals surface area contributed by atoms with Gasteiger partial charge in [0.15, 0.2) is 23.0 Å². The Labute approximate surface area is 198 Å². The Morgan fingerprint density at radius 1 is 0.939 bits per heavy atom. The number of aromatic hydroxyl groups is 2. The number of phenols is 2. The molecule has 0 aliphatic carbocycles. The average molecular weight is 462 g/mol. The van der Waals surface area contributed by atoms with Crippen molar-refractivity contribution in [2.24, 2.45) is 0 Å². The minimum absolute atomic E-state index is 0. The van der Waals surface area contributed by atoms with E-state index in [2.05, 4.69) is 11.9 Å². The summed E-state index contributed by atoms with van der Waals surface area (Å²) in [7, 11) is 6.53. The van der Waals surface area contributed by atoms with Gasteiger partial charge in [0.25, 0.3) is 5.95 Å². The van der Waals surface area contributed by atoms with Crippen LogP contribution < -0.4 is 14.8 Å². The van der Waals surface area contributed by atoms with Crippen molar-refractivity contribution < 1.29 is 29.2 Å². The number of methoxy groups -OCH3 is 3. The van der Waals surface area contributed by atoms with Crippen molar-refractivity contribution in [3.05, 3.63) is 71.2 Å². The molecule has 0 saturated carbocycles. The van der Waals surface area contributed by atoms with Gasteiger partial charge in [-0.05, 0) is 61.4 Å². The van der Waals surface area contributed by atoms with Gasteiger partial charge < -0.3 is 34.5 Å². The third-order valence-electron chi connectivity index (χ3n) is 4.68. The number of nitrogens with one attached hydrogen (secondary N) is 1. The van der Waals surface area contributed by atoms with E-state index in [1.54, 1.807) is 38.5 Å². The Morgan fingerprint density at radius 3 is 1.79 bits per heavy atom. The van der Waals surface area contributed by atoms with E-state index in [0.29, 0.717) is 24.1 Å². The molecule has 0 atom stereocenters. The highest BCUT2D eigenvalue weighted by molar-refractivity contribution is 5.42. The summed E-state index contributed by atoms with van der Waals surface area (Å²) >= 11 is 0. The van der Waals surface area contributed by atoms with Crippen LogP contribution in [0.25, 0.3) is 0 Å². The molecule has 0 fully saturated rings. The highest BCUT2D eigenvalue weighted by Gasteiger charge is 2.15. The fourth-order valence-electron chi connectivity index (χ4n) is 2.73. The molecule has 7 heteroatoms. The van der Waals surface area contributed by atoms with E-state index in [9.17, 15) is 10.2 Å². The first-order valence-electron chi connectivity index (χ1n) is 10.2. The monoisotopic (exact) mass is 461 g/mol. The number of hydrogen-bond acceptors (Lipinski definition) is 7. The SMILES string of the molecule is C.C=C1COC(OC)=C1C.CCc1ccc(OC)c(O)c1.CNCc1ccc(OC)c(O)c1. The van der Waals surface area contributed by atoms with Crippen LogP contribution in [-0.4, -0.2) is 45.2 Å². The number of aryl methyl sites for hydroxylation is 1. The molecule has 0 spiro atoms. The molecular weight excluding hydrogens is 422 g/mol. The first-order valence-corrected chi connectivity index (χ1v) is 10.2. The molecule has 184 valence electrons. The third kappa shape index (κ3) is 9.37. The molecule has 0 amide bonds. The fourth-order valence-corrected chi connectivity index (χ4v) is 2.73. The molecule has 33 heavy (non-hydrogen) atoms. The van der Waals surface area contributed by atoms with Crippen LogP contribution in [0.2, 0.25) is 0 Å². The zero-order chi connectivity index (χ0) is 24.1. The van der Waals surface area contributed by atoms with Gasteiger partial charge in [0.2, 0.25) is 0 Å². The minimum Gasteiger partial charge on any atom is -0.504 e. The predicted molar refractivity (Wildman–Crippen MR) is 133 cm³/mol. The van der Waals surface area contributed by atoms with Crippen molar-refractivity contribution in [1.82, 2.24) is 5.32 Å². The lowest BCUT2D eigenvalue weighted by Gasteiger charge is -2.05. The van der Waals surface area contributed by atoms with Crippen LogP contribution in [0.15, 0.2) is 60.1 Å². The van der Waals surface area contributed by atoms with Crippen LogP contribution in [0.1, 0.15) is 32.4 Å². The Bertz CT molecular complexity index is 908. The Kier molecular flexibility index (Phi) is 13.9.